The van der Waals surface area contributed by atoms with Crippen molar-refractivity contribution in [2.75, 3.05) is 68.7 Å². The molecule has 0 bridgehead atoms. The topological polar surface area (TPSA) is 80.8 Å². The van der Waals surface area contributed by atoms with Crippen molar-refractivity contribution in [2.45, 2.75) is 12.0 Å². The molecule has 2 unspecified atom stereocenters. The number of benzene rings is 2. The first-order chi connectivity index (χ1) is 16.8. The Kier molecular flexibility index (Phi) is 7.07. The van der Waals surface area contributed by atoms with Crippen molar-refractivity contribution in [1.82, 2.24) is 14.7 Å². The van der Waals surface area contributed by atoms with Crippen LogP contribution in [0, 0.1) is 0 Å². The van der Waals surface area contributed by atoms with Gasteiger partial charge in [0.25, 0.3) is 5.91 Å². The van der Waals surface area contributed by atoms with E-state index in [9.17, 15) is 9.59 Å². The van der Waals surface area contributed by atoms with Crippen molar-refractivity contribution in [3.8, 4) is 23.0 Å². The second-order valence-electron chi connectivity index (χ2n) is 8.88. The molecule has 4 rings (SSSR count). The van der Waals surface area contributed by atoms with E-state index in [0.717, 1.165) is 18.7 Å². The standard InChI is InChI=1S/C26H33N3O6/c1-27-9-11-29(12-10-27)26(31)23-17-14-21(34-5)22(35-6)15-18(17)25(30)28(2)24(23)16-7-8-19(32-3)20(13-16)33-4/h7-8,13-15,23-24H,9-12H2,1-6H3. The Hall–Kier alpha value is -3.46. The first-order valence-corrected chi connectivity index (χ1v) is 11.6. The highest BCUT2D eigenvalue weighted by Gasteiger charge is 2.45. The van der Waals surface area contributed by atoms with Crippen molar-refractivity contribution in [2.24, 2.45) is 0 Å². The molecule has 1 saturated heterocycles. The smallest absolute Gasteiger partial charge is 0.254 e. The number of carbonyl (C=O) groups excluding carboxylic acids is 2. The van der Waals surface area contributed by atoms with Crippen LogP contribution in [0.15, 0.2) is 30.3 Å². The van der Waals surface area contributed by atoms with Gasteiger partial charge in [-0.25, -0.2) is 0 Å². The van der Waals surface area contributed by atoms with Crippen LogP contribution in [0.1, 0.15) is 33.4 Å². The SMILES string of the molecule is COc1ccc(C2C(C(=O)N3CCN(C)CC3)c3cc(OC)c(OC)cc3C(=O)N2C)cc1OC. The molecule has 2 amide bonds. The van der Waals surface area contributed by atoms with Gasteiger partial charge in [0.15, 0.2) is 23.0 Å². The van der Waals surface area contributed by atoms with Crippen LogP contribution in [0.4, 0.5) is 0 Å². The molecule has 9 nitrogen and oxygen atoms in total. The highest BCUT2D eigenvalue weighted by atomic mass is 16.5. The van der Waals surface area contributed by atoms with Crippen molar-refractivity contribution in [3.05, 3.63) is 47.0 Å². The van der Waals surface area contributed by atoms with Gasteiger partial charge >= 0.3 is 0 Å². The van der Waals surface area contributed by atoms with Crippen LogP contribution in [-0.4, -0.2) is 95.2 Å². The third kappa shape index (κ3) is 4.36. The Morgan fingerprint density at radius 3 is 1.97 bits per heavy atom. The average molecular weight is 484 g/mol. The van der Waals surface area contributed by atoms with Crippen molar-refractivity contribution < 1.29 is 28.5 Å². The quantitative estimate of drug-likeness (QED) is 0.624. The largest absolute Gasteiger partial charge is 0.493 e. The van der Waals surface area contributed by atoms with Crippen LogP contribution in [-0.2, 0) is 4.79 Å². The molecule has 2 aromatic rings. The van der Waals surface area contributed by atoms with Crippen LogP contribution in [0.3, 0.4) is 0 Å². The maximum Gasteiger partial charge on any atom is 0.254 e. The lowest BCUT2D eigenvalue weighted by atomic mass is 9.78. The molecule has 2 aromatic carbocycles. The van der Waals surface area contributed by atoms with Crippen LogP contribution >= 0.6 is 0 Å². The van der Waals surface area contributed by atoms with Gasteiger partial charge in [-0.3, -0.25) is 9.59 Å². The number of carbonyl (C=O) groups is 2. The Morgan fingerprint density at radius 2 is 1.37 bits per heavy atom. The minimum atomic E-state index is -0.631. The lowest BCUT2D eigenvalue weighted by Gasteiger charge is -2.43. The molecular formula is C26H33N3O6. The predicted molar refractivity (Wildman–Crippen MR) is 131 cm³/mol. The van der Waals surface area contributed by atoms with Gasteiger partial charge in [-0.2, -0.15) is 0 Å². The highest BCUT2D eigenvalue weighted by Crippen LogP contribution is 2.47. The summed E-state index contributed by atoms with van der Waals surface area (Å²) in [5.74, 6) is 1.20. The fourth-order valence-corrected chi connectivity index (χ4v) is 4.99. The van der Waals surface area contributed by atoms with Gasteiger partial charge in [-0.15, -0.1) is 0 Å². The Bertz CT molecular complexity index is 1110. The third-order valence-electron chi connectivity index (χ3n) is 7.00. The van der Waals surface area contributed by atoms with Gasteiger partial charge in [-0.1, -0.05) is 6.07 Å². The summed E-state index contributed by atoms with van der Waals surface area (Å²) in [6, 6.07) is 8.41. The molecule has 0 aliphatic carbocycles. The van der Waals surface area contributed by atoms with E-state index in [4.69, 9.17) is 18.9 Å². The van der Waals surface area contributed by atoms with E-state index in [0.29, 0.717) is 47.2 Å². The van der Waals surface area contributed by atoms with Gasteiger partial charge in [0.1, 0.15) is 0 Å². The molecule has 9 heteroatoms. The van der Waals surface area contributed by atoms with Gasteiger partial charge in [0, 0.05) is 38.8 Å². The fourth-order valence-electron chi connectivity index (χ4n) is 4.99. The number of fused-ring (bicyclic) bond motifs is 1. The molecule has 0 radical (unpaired) electrons. The number of ether oxygens (including phenoxy) is 4. The lowest BCUT2D eigenvalue weighted by molar-refractivity contribution is -0.136. The third-order valence-corrected chi connectivity index (χ3v) is 7.00. The first-order valence-electron chi connectivity index (χ1n) is 11.6. The van der Waals surface area contributed by atoms with Gasteiger partial charge in [0.05, 0.1) is 40.4 Å². The molecule has 35 heavy (non-hydrogen) atoms. The predicted octanol–water partition coefficient (Wildman–Crippen LogP) is 2.41. The summed E-state index contributed by atoms with van der Waals surface area (Å²) in [5, 5.41) is 0. The molecule has 0 N–H and O–H groups in total. The van der Waals surface area contributed by atoms with Crippen LogP contribution in [0.25, 0.3) is 0 Å². The van der Waals surface area contributed by atoms with Crippen molar-refractivity contribution >= 4 is 11.8 Å². The zero-order valence-corrected chi connectivity index (χ0v) is 21.2. The summed E-state index contributed by atoms with van der Waals surface area (Å²) >= 11 is 0. The minimum Gasteiger partial charge on any atom is -0.493 e. The Labute approximate surface area is 206 Å². The zero-order chi connectivity index (χ0) is 25.3. The second kappa shape index (κ2) is 10.0. The minimum absolute atomic E-state index is 0.0225. The lowest BCUT2D eigenvalue weighted by Crippen LogP contribution is -2.52. The van der Waals surface area contributed by atoms with Crippen LogP contribution in [0.2, 0.25) is 0 Å². The summed E-state index contributed by atoms with van der Waals surface area (Å²) in [4.78, 5) is 33.4. The first kappa shape index (κ1) is 24.7. The average Bonchev–Trinajstić information content (AvgIpc) is 2.89. The van der Waals surface area contributed by atoms with Gasteiger partial charge < -0.3 is 33.6 Å². The van der Waals surface area contributed by atoms with E-state index in [-0.39, 0.29) is 11.8 Å². The molecule has 2 heterocycles. The summed E-state index contributed by atoms with van der Waals surface area (Å²) < 4.78 is 21.9. The van der Waals surface area contributed by atoms with Gasteiger partial charge in [-0.05, 0) is 42.4 Å². The van der Waals surface area contributed by atoms with E-state index in [1.54, 1.807) is 51.5 Å². The van der Waals surface area contributed by atoms with E-state index in [2.05, 4.69) is 4.90 Å². The molecule has 1 fully saturated rings. The zero-order valence-electron chi connectivity index (χ0n) is 21.2. The maximum absolute atomic E-state index is 14.1. The summed E-state index contributed by atoms with van der Waals surface area (Å²) in [6.45, 7) is 2.86. The molecule has 2 atom stereocenters. The van der Waals surface area contributed by atoms with Crippen molar-refractivity contribution in [1.29, 1.82) is 0 Å². The number of hydrogen-bond acceptors (Lipinski definition) is 7. The second-order valence-corrected chi connectivity index (χ2v) is 8.88. The summed E-state index contributed by atoms with van der Waals surface area (Å²) in [5.41, 5.74) is 1.86. The molecule has 2 aliphatic rings. The number of likely N-dealkylation sites (N-methyl/N-ethyl adjacent to an activating group) is 2. The highest BCUT2D eigenvalue weighted by molar-refractivity contribution is 6.02. The van der Waals surface area contributed by atoms with Crippen molar-refractivity contribution in [3.63, 3.8) is 0 Å². The van der Waals surface area contributed by atoms with E-state index < -0.39 is 12.0 Å². The molecule has 0 saturated carbocycles. The van der Waals surface area contributed by atoms with Crippen LogP contribution in [0.5, 0.6) is 23.0 Å². The number of hydrogen-bond donors (Lipinski definition) is 0. The molecule has 188 valence electrons. The van der Waals surface area contributed by atoms with E-state index in [1.807, 2.05) is 24.1 Å². The van der Waals surface area contributed by atoms with E-state index in [1.165, 1.54) is 7.11 Å². The van der Waals surface area contributed by atoms with Gasteiger partial charge in [0.2, 0.25) is 5.91 Å². The monoisotopic (exact) mass is 483 g/mol. The molecular weight excluding hydrogens is 450 g/mol. The normalized spacial score (nSPS) is 20.3. The molecule has 0 aromatic heterocycles. The molecule has 0 spiro atoms. The number of nitrogens with zero attached hydrogens (tertiary/aromatic N) is 3. The number of amides is 2. The fraction of sp³-hybridized carbons (Fsp3) is 0.462. The number of rotatable bonds is 6. The maximum atomic E-state index is 14.1. The van der Waals surface area contributed by atoms with E-state index >= 15 is 0 Å². The summed E-state index contributed by atoms with van der Waals surface area (Å²) in [6.07, 6.45) is 0. The summed E-state index contributed by atoms with van der Waals surface area (Å²) in [7, 11) is 9.99. The number of methoxy groups -OCH3 is 4. The Balaban J connectivity index is 1.89. The Morgan fingerprint density at radius 1 is 0.800 bits per heavy atom. The number of piperazine rings is 1. The molecule has 2 aliphatic heterocycles. The van der Waals surface area contributed by atoms with Crippen LogP contribution < -0.4 is 18.9 Å².